The number of pyridine rings is 1. The molecule has 2 N–H and O–H groups in total. The number of hydrogen-bond acceptors (Lipinski definition) is 2. The van der Waals surface area contributed by atoms with Gasteiger partial charge >= 0.3 is 0 Å². The topological polar surface area (TPSA) is 38.9 Å². The summed E-state index contributed by atoms with van der Waals surface area (Å²) in [7, 11) is 0. The van der Waals surface area contributed by atoms with Gasteiger partial charge in [-0.1, -0.05) is 39.0 Å². The van der Waals surface area contributed by atoms with Crippen LogP contribution in [-0.4, -0.2) is 4.98 Å². The van der Waals surface area contributed by atoms with Gasteiger partial charge in [-0.2, -0.15) is 0 Å². The van der Waals surface area contributed by atoms with Gasteiger partial charge in [0.2, 0.25) is 0 Å². The second-order valence-corrected chi connectivity index (χ2v) is 5.59. The normalized spacial score (nSPS) is 12.1. The van der Waals surface area contributed by atoms with Crippen LogP contribution in [-0.2, 0) is 12.0 Å². The highest BCUT2D eigenvalue weighted by atomic mass is 14.7. The van der Waals surface area contributed by atoms with E-state index in [1.54, 1.807) is 0 Å². The minimum Gasteiger partial charge on any atom is -0.325 e. The van der Waals surface area contributed by atoms with Gasteiger partial charge in [-0.05, 0) is 29.5 Å². The Kier molecular flexibility index (Phi) is 2.92. The van der Waals surface area contributed by atoms with Crippen molar-refractivity contribution in [3.63, 3.8) is 0 Å². The van der Waals surface area contributed by atoms with Crippen molar-refractivity contribution < 1.29 is 0 Å². The molecule has 0 fully saturated rings. The average molecular weight is 228 g/mol. The summed E-state index contributed by atoms with van der Waals surface area (Å²) in [6.07, 6.45) is 0. The lowest BCUT2D eigenvalue weighted by atomic mass is 9.85. The van der Waals surface area contributed by atoms with E-state index >= 15 is 0 Å². The molecule has 2 heteroatoms. The molecule has 0 saturated heterocycles. The van der Waals surface area contributed by atoms with Crippen molar-refractivity contribution in [2.75, 3.05) is 0 Å². The lowest BCUT2D eigenvalue weighted by Gasteiger charge is -2.21. The number of aryl methyl sites for hydroxylation is 1. The van der Waals surface area contributed by atoms with Gasteiger partial charge in [0, 0.05) is 11.9 Å². The van der Waals surface area contributed by atoms with Crippen LogP contribution in [0.5, 0.6) is 0 Å². The van der Waals surface area contributed by atoms with Crippen LogP contribution in [0.3, 0.4) is 0 Å². The molecule has 0 aliphatic heterocycles. The van der Waals surface area contributed by atoms with Crippen LogP contribution in [0.15, 0.2) is 24.3 Å². The zero-order chi connectivity index (χ0) is 12.6. The SMILES string of the molecule is Cc1cc(CN)nc2c(C(C)(C)C)cccc12. The van der Waals surface area contributed by atoms with E-state index < -0.39 is 0 Å². The molecule has 0 spiro atoms. The van der Waals surface area contributed by atoms with Crippen molar-refractivity contribution in [2.45, 2.75) is 39.7 Å². The van der Waals surface area contributed by atoms with Gasteiger partial charge in [-0.25, -0.2) is 0 Å². The van der Waals surface area contributed by atoms with Gasteiger partial charge in [-0.3, -0.25) is 4.98 Å². The first-order chi connectivity index (χ1) is 7.93. The molecule has 1 heterocycles. The number of nitrogens with zero attached hydrogens (tertiary/aromatic N) is 1. The second kappa shape index (κ2) is 4.11. The maximum atomic E-state index is 5.71. The van der Waals surface area contributed by atoms with E-state index in [0.29, 0.717) is 6.54 Å². The van der Waals surface area contributed by atoms with Crippen LogP contribution in [0, 0.1) is 6.92 Å². The molecule has 2 aromatic rings. The Hall–Kier alpha value is -1.41. The highest BCUT2D eigenvalue weighted by Gasteiger charge is 2.18. The van der Waals surface area contributed by atoms with Gasteiger partial charge < -0.3 is 5.73 Å². The highest BCUT2D eigenvalue weighted by Crippen LogP contribution is 2.30. The number of para-hydroxylation sites is 1. The summed E-state index contributed by atoms with van der Waals surface area (Å²) in [4.78, 5) is 4.70. The summed E-state index contributed by atoms with van der Waals surface area (Å²) in [6, 6.07) is 8.48. The molecule has 90 valence electrons. The molecule has 0 radical (unpaired) electrons. The lowest BCUT2D eigenvalue weighted by Crippen LogP contribution is -2.13. The smallest absolute Gasteiger partial charge is 0.0745 e. The number of hydrogen-bond donors (Lipinski definition) is 1. The third-order valence-electron chi connectivity index (χ3n) is 3.12. The Morgan fingerprint density at radius 1 is 1.24 bits per heavy atom. The standard InChI is InChI=1S/C15H20N2/c1-10-8-11(9-16)17-14-12(10)6-5-7-13(14)15(2,3)4/h5-8H,9,16H2,1-4H3. The maximum absolute atomic E-state index is 5.71. The first-order valence-electron chi connectivity index (χ1n) is 6.03. The van der Waals surface area contributed by atoms with Crippen molar-refractivity contribution in [3.05, 3.63) is 41.1 Å². The van der Waals surface area contributed by atoms with Crippen molar-refractivity contribution in [1.82, 2.24) is 4.98 Å². The monoisotopic (exact) mass is 228 g/mol. The van der Waals surface area contributed by atoms with Gasteiger partial charge in [0.1, 0.15) is 0 Å². The van der Waals surface area contributed by atoms with E-state index in [0.717, 1.165) is 11.2 Å². The fraction of sp³-hybridized carbons (Fsp3) is 0.400. The molecule has 0 saturated carbocycles. The van der Waals surface area contributed by atoms with Crippen LogP contribution in [0.1, 0.15) is 37.6 Å². The minimum absolute atomic E-state index is 0.103. The first kappa shape index (κ1) is 12.1. The molecular weight excluding hydrogens is 208 g/mol. The van der Waals surface area contributed by atoms with Crippen LogP contribution in [0.25, 0.3) is 10.9 Å². The van der Waals surface area contributed by atoms with Gasteiger partial charge in [0.05, 0.1) is 11.2 Å². The van der Waals surface area contributed by atoms with E-state index in [-0.39, 0.29) is 5.41 Å². The predicted molar refractivity (Wildman–Crippen MR) is 73.1 cm³/mol. The number of benzene rings is 1. The summed E-state index contributed by atoms with van der Waals surface area (Å²) in [5, 5.41) is 1.23. The first-order valence-corrected chi connectivity index (χ1v) is 6.03. The molecule has 0 aliphatic rings. The van der Waals surface area contributed by atoms with Gasteiger partial charge in [0.15, 0.2) is 0 Å². The Bertz CT molecular complexity index is 551. The van der Waals surface area contributed by atoms with E-state index in [1.807, 2.05) is 0 Å². The number of nitrogens with two attached hydrogens (primary N) is 1. The molecule has 17 heavy (non-hydrogen) atoms. The molecule has 0 amide bonds. The Labute approximate surface area is 103 Å². The summed E-state index contributed by atoms with van der Waals surface area (Å²) in [6.45, 7) is 9.26. The van der Waals surface area contributed by atoms with Crippen molar-refractivity contribution in [1.29, 1.82) is 0 Å². The number of fused-ring (bicyclic) bond motifs is 1. The van der Waals surface area contributed by atoms with Crippen LogP contribution in [0.2, 0.25) is 0 Å². The quantitative estimate of drug-likeness (QED) is 0.813. The van der Waals surface area contributed by atoms with Crippen LogP contribution < -0.4 is 5.73 Å². The molecule has 0 bridgehead atoms. The molecule has 0 unspecified atom stereocenters. The zero-order valence-electron chi connectivity index (χ0n) is 11.0. The van der Waals surface area contributed by atoms with E-state index in [2.05, 4.69) is 52.0 Å². The van der Waals surface area contributed by atoms with E-state index in [1.165, 1.54) is 16.5 Å². The Morgan fingerprint density at radius 3 is 2.53 bits per heavy atom. The molecular formula is C15H20N2. The van der Waals surface area contributed by atoms with Crippen molar-refractivity contribution in [3.8, 4) is 0 Å². The number of aromatic nitrogens is 1. The molecule has 2 rings (SSSR count). The second-order valence-electron chi connectivity index (χ2n) is 5.59. The lowest BCUT2D eigenvalue weighted by molar-refractivity contribution is 0.594. The zero-order valence-corrected chi connectivity index (χ0v) is 11.0. The van der Waals surface area contributed by atoms with Crippen LogP contribution in [0.4, 0.5) is 0 Å². The summed E-state index contributed by atoms with van der Waals surface area (Å²) < 4.78 is 0. The molecule has 1 aromatic carbocycles. The summed E-state index contributed by atoms with van der Waals surface area (Å²) in [5.41, 5.74) is 10.4. The van der Waals surface area contributed by atoms with E-state index in [9.17, 15) is 0 Å². The third-order valence-corrected chi connectivity index (χ3v) is 3.12. The number of rotatable bonds is 1. The van der Waals surface area contributed by atoms with Gasteiger partial charge in [-0.15, -0.1) is 0 Å². The molecule has 1 aromatic heterocycles. The summed E-state index contributed by atoms with van der Waals surface area (Å²) in [5.74, 6) is 0. The van der Waals surface area contributed by atoms with Crippen LogP contribution >= 0.6 is 0 Å². The third kappa shape index (κ3) is 2.18. The molecule has 2 nitrogen and oxygen atoms in total. The van der Waals surface area contributed by atoms with Gasteiger partial charge in [0.25, 0.3) is 0 Å². The maximum Gasteiger partial charge on any atom is 0.0745 e. The Balaban J connectivity index is 2.83. The Morgan fingerprint density at radius 2 is 1.94 bits per heavy atom. The minimum atomic E-state index is 0.103. The highest BCUT2D eigenvalue weighted by molar-refractivity contribution is 5.85. The van der Waals surface area contributed by atoms with E-state index in [4.69, 9.17) is 10.7 Å². The summed E-state index contributed by atoms with van der Waals surface area (Å²) >= 11 is 0. The average Bonchev–Trinajstić information content (AvgIpc) is 2.26. The molecule has 0 atom stereocenters. The molecule has 0 aliphatic carbocycles. The van der Waals surface area contributed by atoms with Crippen molar-refractivity contribution >= 4 is 10.9 Å². The van der Waals surface area contributed by atoms with Crippen molar-refractivity contribution in [2.24, 2.45) is 5.73 Å². The fourth-order valence-corrected chi connectivity index (χ4v) is 2.20. The predicted octanol–water partition coefficient (Wildman–Crippen LogP) is 3.30. The largest absolute Gasteiger partial charge is 0.325 e. The fourth-order valence-electron chi connectivity index (χ4n) is 2.20.